The summed E-state index contributed by atoms with van der Waals surface area (Å²) >= 11 is 0. The molecule has 5 heteroatoms. The Labute approximate surface area is 149 Å². The van der Waals surface area contributed by atoms with E-state index in [4.69, 9.17) is 0 Å². The smallest absolute Gasteiger partial charge is 0.272 e. The molecule has 0 aliphatic carbocycles. The molecule has 0 spiro atoms. The van der Waals surface area contributed by atoms with Crippen molar-refractivity contribution in [1.29, 1.82) is 0 Å². The number of aromatic nitrogens is 2. The third kappa shape index (κ3) is 2.80. The molecular weight excluding hydrogens is 326 g/mol. The molecule has 0 radical (unpaired) electrons. The Bertz CT molecular complexity index is 1160. The average Bonchev–Trinajstić information content (AvgIpc) is 3.16. The van der Waals surface area contributed by atoms with E-state index in [-0.39, 0.29) is 11.5 Å². The number of hydrogen-bond donors (Lipinski definition) is 2. The van der Waals surface area contributed by atoms with Gasteiger partial charge >= 0.3 is 0 Å². The highest BCUT2D eigenvalue weighted by Crippen LogP contribution is 2.24. The molecule has 0 bridgehead atoms. The number of anilines is 1. The van der Waals surface area contributed by atoms with Crippen LogP contribution in [0, 0.1) is 0 Å². The van der Waals surface area contributed by atoms with Crippen molar-refractivity contribution in [2.75, 3.05) is 5.32 Å². The number of H-pyrrole nitrogens is 1. The van der Waals surface area contributed by atoms with Crippen LogP contribution in [0.5, 0.6) is 0 Å². The van der Waals surface area contributed by atoms with Gasteiger partial charge in [0.25, 0.3) is 11.5 Å². The van der Waals surface area contributed by atoms with Gasteiger partial charge in [0.2, 0.25) is 0 Å². The molecule has 1 amide bonds. The molecular formula is C21H17N3O2. The molecule has 26 heavy (non-hydrogen) atoms. The van der Waals surface area contributed by atoms with Gasteiger partial charge in [-0.1, -0.05) is 36.4 Å². The summed E-state index contributed by atoms with van der Waals surface area (Å²) in [5, 5.41) is 4.29. The summed E-state index contributed by atoms with van der Waals surface area (Å²) < 4.78 is 1.52. The maximum atomic E-state index is 12.7. The maximum absolute atomic E-state index is 12.7. The third-order valence-electron chi connectivity index (χ3n) is 4.40. The van der Waals surface area contributed by atoms with E-state index in [0.29, 0.717) is 16.8 Å². The third-order valence-corrected chi connectivity index (χ3v) is 4.40. The summed E-state index contributed by atoms with van der Waals surface area (Å²) in [5.41, 5.74) is 2.77. The first-order valence-electron chi connectivity index (χ1n) is 8.27. The average molecular weight is 343 g/mol. The summed E-state index contributed by atoms with van der Waals surface area (Å²) in [7, 11) is 1.71. The number of rotatable bonds is 3. The SMILES string of the molecule is Cn1ccc2ccc(NC(=O)c3[nH]ccc3-c3ccccc3)cc2c1=O. The lowest BCUT2D eigenvalue weighted by Crippen LogP contribution is -2.17. The Balaban J connectivity index is 1.68. The van der Waals surface area contributed by atoms with E-state index in [2.05, 4.69) is 10.3 Å². The number of aromatic amines is 1. The molecule has 0 atom stereocenters. The fourth-order valence-corrected chi connectivity index (χ4v) is 3.02. The summed E-state index contributed by atoms with van der Waals surface area (Å²) in [6, 6.07) is 18.8. The minimum Gasteiger partial charge on any atom is -0.357 e. The Morgan fingerprint density at radius 3 is 2.65 bits per heavy atom. The van der Waals surface area contributed by atoms with Gasteiger partial charge in [-0.15, -0.1) is 0 Å². The molecule has 0 aliphatic heterocycles. The van der Waals surface area contributed by atoms with Gasteiger partial charge in [-0.25, -0.2) is 0 Å². The second-order valence-corrected chi connectivity index (χ2v) is 6.12. The highest BCUT2D eigenvalue weighted by molar-refractivity contribution is 6.08. The van der Waals surface area contributed by atoms with E-state index in [1.54, 1.807) is 31.6 Å². The number of amides is 1. The topological polar surface area (TPSA) is 66.9 Å². The van der Waals surface area contributed by atoms with E-state index in [9.17, 15) is 9.59 Å². The monoisotopic (exact) mass is 343 g/mol. The van der Waals surface area contributed by atoms with Gasteiger partial charge in [0.1, 0.15) is 5.69 Å². The van der Waals surface area contributed by atoms with E-state index in [1.165, 1.54) is 4.57 Å². The van der Waals surface area contributed by atoms with Crippen LogP contribution in [-0.4, -0.2) is 15.5 Å². The van der Waals surface area contributed by atoms with Crippen LogP contribution in [0.3, 0.4) is 0 Å². The van der Waals surface area contributed by atoms with Crippen molar-refractivity contribution in [1.82, 2.24) is 9.55 Å². The molecule has 0 unspecified atom stereocenters. The molecule has 0 saturated carbocycles. The molecule has 0 fully saturated rings. The van der Waals surface area contributed by atoms with E-state index < -0.39 is 0 Å². The van der Waals surface area contributed by atoms with Crippen LogP contribution in [0.1, 0.15) is 10.5 Å². The molecule has 5 nitrogen and oxygen atoms in total. The minimum atomic E-state index is -0.249. The lowest BCUT2D eigenvalue weighted by Gasteiger charge is -2.08. The van der Waals surface area contributed by atoms with Crippen molar-refractivity contribution in [3.63, 3.8) is 0 Å². The fourth-order valence-electron chi connectivity index (χ4n) is 3.02. The number of carbonyl (C=O) groups excluding carboxylic acids is 1. The second kappa shape index (κ2) is 6.37. The highest BCUT2D eigenvalue weighted by Gasteiger charge is 2.14. The molecule has 4 aromatic rings. The lowest BCUT2D eigenvalue weighted by molar-refractivity contribution is 0.102. The maximum Gasteiger partial charge on any atom is 0.272 e. The zero-order valence-corrected chi connectivity index (χ0v) is 14.2. The Morgan fingerprint density at radius 1 is 1.04 bits per heavy atom. The molecule has 2 aromatic heterocycles. The summed E-state index contributed by atoms with van der Waals surface area (Å²) in [5.74, 6) is -0.249. The highest BCUT2D eigenvalue weighted by atomic mass is 16.2. The second-order valence-electron chi connectivity index (χ2n) is 6.12. The van der Waals surface area contributed by atoms with Crippen LogP contribution in [0.4, 0.5) is 5.69 Å². The van der Waals surface area contributed by atoms with E-state index in [1.807, 2.05) is 48.5 Å². The molecule has 0 saturated heterocycles. The number of nitrogens with zero attached hydrogens (tertiary/aromatic N) is 1. The quantitative estimate of drug-likeness (QED) is 0.594. The van der Waals surface area contributed by atoms with Crippen LogP contribution in [0.25, 0.3) is 21.9 Å². The van der Waals surface area contributed by atoms with Crippen molar-refractivity contribution < 1.29 is 4.79 Å². The Hall–Kier alpha value is -3.60. The number of benzene rings is 2. The van der Waals surface area contributed by atoms with Gasteiger partial charge < -0.3 is 14.9 Å². The molecule has 2 N–H and O–H groups in total. The number of carbonyl (C=O) groups is 1. The van der Waals surface area contributed by atoms with Gasteiger partial charge in [-0.05, 0) is 35.2 Å². The first-order valence-corrected chi connectivity index (χ1v) is 8.27. The molecule has 0 aliphatic rings. The van der Waals surface area contributed by atoms with E-state index in [0.717, 1.165) is 16.5 Å². The molecule has 2 heterocycles. The largest absolute Gasteiger partial charge is 0.357 e. The first-order chi connectivity index (χ1) is 12.6. The van der Waals surface area contributed by atoms with Crippen molar-refractivity contribution in [3.05, 3.63) is 89.1 Å². The standard InChI is InChI=1S/C21H17N3O2/c1-24-12-10-15-7-8-16(13-18(15)21(24)26)23-20(25)19-17(9-11-22-19)14-5-3-2-4-6-14/h2-13,22H,1H3,(H,23,25). The van der Waals surface area contributed by atoms with Crippen LogP contribution in [0.15, 0.2) is 77.9 Å². The minimum absolute atomic E-state index is 0.0940. The first kappa shape index (κ1) is 15.9. The summed E-state index contributed by atoms with van der Waals surface area (Å²) in [6.45, 7) is 0. The van der Waals surface area contributed by atoms with Gasteiger partial charge in [0.05, 0.1) is 0 Å². The Kier molecular flexibility index (Phi) is 3.89. The van der Waals surface area contributed by atoms with E-state index >= 15 is 0 Å². The number of fused-ring (bicyclic) bond motifs is 1. The van der Waals surface area contributed by atoms with Crippen molar-refractivity contribution in [2.24, 2.45) is 7.05 Å². The predicted molar refractivity (Wildman–Crippen MR) is 103 cm³/mol. The van der Waals surface area contributed by atoms with Crippen molar-refractivity contribution in [3.8, 4) is 11.1 Å². The molecule has 128 valence electrons. The normalized spacial score (nSPS) is 10.8. The Morgan fingerprint density at radius 2 is 1.85 bits per heavy atom. The summed E-state index contributed by atoms with van der Waals surface area (Å²) in [6.07, 6.45) is 3.47. The summed E-state index contributed by atoms with van der Waals surface area (Å²) in [4.78, 5) is 28.0. The van der Waals surface area contributed by atoms with Crippen LogP contribution in [-0.2, 0) is 7.05 Å². The van der Waals surface area contributed by atoms with Crippen LogP contribution in [0.2, 0.25) is 0 Å². The van der Waals surface area contributed by atoms with Gasteiger partial charge in [0.15, 0.2) is 0 Å². The van der Waals surface area contributed by atoms with Gasteiger partial charge in [-0.2, -0.15) is 0 Å². The van der Waals surface area contributed by atoms with Crippen LogP contribution >= 0.6 is 0 Å². The zero-order valence-electron chi connectivity index (χ0n) is 14.2. The van der Waals surface area contributed by atoms with Crippen LogP contribution < -0.4 is 10.9 Å². The molecule has 2 aromatic carbocycles. The van der Waals surface area contributed by atoms with Crippen molar-refractivity contribution >= 4 is 22.4 Å². The zero-order chi connectivity index (χ0) is 18.1. The fraction of sp³-hybridized carbons (Fsp3) is 0.0476. The van der Waals surface area contributed by atoms with Gasteiger partial charge in [-0.3, -0.25) is 9.59 Å². The molecule has 4 rings (SSSR count). The predicted octanol–water partition coefficient (Wildman–Crippen LogP) is 3.79. The number of pyridine rings is 1. The number of aryl methyl sites for hydroxylation is 1. The number of hydrogen-bond acceptors (Lipinski definition) is 2. The van der Waals surface area contributed by atoms with Crippen molar-refractivity contribution in [2.45, 2.75) is 0 Å². The number of nitrogens with one attached hydrogen (secondary N) is 2. The lowest BCUT2D eigenvalue weighted by atomic mass is 10.1. The van der Waals surface area contributed by atoms with Gasteiger partial charge in [0, 0.05) is 36.1 Å².